The second-order valence-electron chi connectivity index (χ2n) is 5.31. The normalized spacial score (nSPS) is 12.1. The minimum absolute atomic E-state index is 0.0638. The highest BCUT2D eigenvalue weighted by Gasteiger charge is 2.34. The second kappa shape index (κ2) is 6.01. The number of anilines is 1. The molecular weight excluding hydrogens is 301 g/mol. The van der Waals surface area contributed by atoms with Crippen molar-refractivity contribution in [2.24, 2.45) is 11.1 Å². The number of carbonyl (C=O) groups excluding carboxylic acids is 1. The summed E-state index contributed by atoms with van der Waals surface area (Å²) in [4.78, 5) is 11.7. The van der Waals surface area contributed by atoms with Crippen LogP contribution in [0, 0.1) is 5.41 Å². The maximum absolute atomic E-state index is 13.0. The van der Waals surface area contributed by atoms with E-state index in [9.17, 15) is 18.0 Å². The van der Waals surface area contributed by atoms with E-state index in [1.807, 2.05) is 6.92 Å². The molecule has 1 amide bonds. The first kappa shape index (κ1) is 17.4. The third-order valence-corrected chi connectivity index (χ3v) is 3.57. The Hall–Kier alpha value is -1.63. The van der Waals surface area contributed by atoms with Gasteiger partial charge in [0.05, 0.1) is 5.56 Å². The van der Waals surface area contributed by atoms with Crippen LogP contribution in [0.4, 0.5) is 18.9 Å². The summed E-state index contributed by atoms with van der Waals surface area (Å²) in [5.41, 5.74) is 3.48. The largest absolute Gasteiger partial charge is 0.417 e. The predicted octanol–water partition coefficient (Wildman–Crippen LogP) is 3.71. The number of carbonyl (C=O) groups is 1. The SMILES string of the molecule is CCC(C)(C)C(=O)Nc1ccc(C(N)=S)c(C(F)(F)F)c1. The molecule has 0 bridgehead atoms. The highest BCUT2D eigenvalue weighted by Crippen LogP contribution is 2.34. The molecule has 116 valence electrons. The van der Waals surface area contributed by atoms with Crippen molar-refractivity contribution in [2.45, 2.75) is 33.4 Å². The number of nitrogens with two attached hydrogens (primary N) is 1. The summed E-state index contributed by atoms with van der Waals surface area (Å²) in [6, 6.07) is 3.37. The van der Waals surface area contributed by atoms with Crippen LogP contribution in [0.2, 0.25) is 0 Å². The Morgan fingerprint density at radius 3 is 2.33 bits per heavy atom. The molecule has 0 aliphatic heterocycles. The number of nitrogens with one attached hydrogen (secondary N) is 1. The summed E-state index contributed by atoms with van der Waals surface area (Å²) in [6.07, 6.45) is -4.03. The molecule has 1 rings (SSSR count). The molecule has 7 heteroatoms. The number of halogens is 3. The summed E-state index contributed by atoms with van der Waals surface area (Å²) < 4.78 is 39.0. The summed E-state index contributed by atoms with van der Waals surface area (Å²) in [5, 5.41) is 2.49. The zero-order valence-corrected chi connectivity index (χ0v) is 12.8. The average Bonchev–Trinajstić information content (AvgIpc) is 2.37. The Kier molecular flexibility index (Phi) is 4.99. The second-order valence-corrected chi connectivity index (χ2v) is 5.75. The molecule has 0 fully saturated rings. The molecule has 3 nitrogen and oxygen atoms in total. The zero-order valence-electron chi connectivity index (χ0n) is 12.0. The average molecular weight is 318 g/mol. The van der Waals surface area contributed by atoms with E-state index in [1.165, 1.54) is 12.1 Å². The van der Waals surface area contributed by atoms with Gasteiger partial charge in [0.25, 0.3) is 0 Å². The first-order chi connectivity index (χ1) is 9.49. The van der Waals surface area contributed by atoms with Gasteiger partial charge in [0.15, 0.2) is 0 Å². The van der Waals surface area contributed by atoms with Crippen molar-refractivity contribution in [2.75, 3.05) is 5.32 Å². The number of hydrogen-bond acceptors (Lipinski definition) is 2. The van der Waals surface area contributed by atoms with Crippen LogP contribution in [0.25, 0.3) is 0 Å². The Labute approximate surface area is 126 Å². The van der Waals surface area contributed by atoms with Gasteiger partial charge < -0.3 is 11.1 Å². The van der Waals surface area contributed by atoms with Crippen LogP contribution in [0.15, 0.2) is 18.2 Å². The van der Waals surface area contributed by atoms with Crippen molar-refractivity contribution in [3.05, 3.63) is 29.3 Å². The Balaban J connectivity index is 3.18. The van der Waals surface area contributed by atoms with Gasteiger partial charge in [0.1, 0.15) is 4.99 Å². The molecule has 0 atom stereocenters. The smallest absolute Gasteiger partial charge is 0.389 e. The molecule has 0 aliphatic rings. The number of thiocarbonyl (C=S) groups is 1. The van der Waals surface area contributed by atoms with Gasteiger partial charge >= 0.3 is 6.18 Å². The monoisotopic (exact) mass is 318 g/mol. The minimum Gasteiger partial charge on any atom is -0.389 e. The predicted molar refractivity (Wildman–Crippen MR) is 80.0 cm³/mol. The van der Waals surface area contributed by atoms with Crippen molar-refractivity contribution >= 4 is 28.8 Å². The van der Waals surface area contributed by atoms with Crippen LogP contribution in [-0.2, 0) is 11.0 Å². The number of hydrogen-bond donors (Lipinski definition) is 2. The van der Waals surface area contributed by atoms with E-state index in [1.54, 1.807) is 13.8 Å². The van der Waals surface area contributed by atoms with Gasteiger partial charge in [-0.2, -0.15) is 13.2 Å². The first-order valence-electron chi connectivity index (χ1n) is 6.31. The molecule has 0 unspecified atom stereocenters. The van der Waals surface area contributed by atoms with Crippen molar-refractivity contribution < 1.29 is 18.0 Å². The first-order valence-corrected chi connectivity index (χ1v) is 6.72. The Morgan fingerprint density at radius 2 is 1.90 bits per heavy atom. The molecule has 0 radical (unpaired) electrons. The van der Waals surface area contributed by atoms with Crippen molar-refractivity contribution in [3.63, 3.8) is 0 Å². The zero-order chi connectivity index (χ0) is 16.4. The van der Waals surface area contributed by atoms with Crippen molar-refractivity contribution in [1.29, 1.82) is 0 Å². The molecular formula is C14H17F3N2OS. The molecule has 21 heavy (non-hydrogen) atoms. The lowest BCUT2D eigenvalue weighted by atomic mass is 9.89. The molecule has 1 aromatic rings. The fraction of sp³-hybridized carbons (Fsp3) is 0.429. The third-order valence-electron chi connectivity index (χ3n) is 3.35. The van der Waals surface area contributed by atoms with Crippen LogP contribution >= 0.6 is 12.2 Å². The highest BCUT2D eigenvalue weighted by molar-refractivity contribution is 7.80. The fourth-order valence-corrected chi connectivity index (χ4v) is 1.71. The van der Waals surface area contributed by atoms with Gasteiger partial charge in [-0.25, -0.2) is 0 Å². The summed E-state index contributed by atoms with van der Waals surface area (Å²) in [5.74, 6) is -0.346. The number of benzene rings is 1. The molecule has 1 aromatic carbocycles. The van der Waals surface area contributed by atoms with E-state index in [0.717, 1.165) is 6.07 Å². The molecule has 0 aliphatic carbocycles. The lowest BCUT2D eigenvalue weighted by Crippen LogP contribution is -2.30. The van der Waals surface area contributed by atoms with Crippen LogP contribution in [-0.4, -0.2) is 10.9 Å². The van der Waals surface area contributed by atoms with Crippen LogP contribution in [0.1, 0.15) is 38.3 Å². The maximum Gasteiger partial charge on any atom is 0.417 e. The molecule has 0 heterocycles. The van der Waals surface area contributed by atoms with Crippen molar-refractivity contribution in [3.8, 4) is 0 Å². The molecule has 0 spiro atoms. The maximum atomic E-state index is 13.0. The van der Waals surface area contributed by atoms with E-state index >= 15 is 0 Å². The fourth-order valence-electron chi connectivity index (χ4n) is 1.53. The van der Waals surface area contributed by atoms with Gasteiger partial charge in [0.2, 0.25) is 5.91 Å². The lowest BCUT2D eigenvalue weighted by Gasteiger charge is -2.22. The summed E-state index contributed by atoms with van der Waals surface area (Å²) >= 11 is 4.62. The Bertz CT molecular complexity index is 568. The third kappa shape index (κ3) is 4.17. The van der Waals surface area contributed by atoms with Crippen LogP contribution < -0.4 is 11.1 Å². The van der Waals surface area contributed by atoms with E-state index in [0.29, 0.717) is 6.42 Å². The van der Waals surface area contributed by atoms with E-state index in [4.69, 9.17) is 5.73 Å². The van der Waals surface area contributed by atoms with Gasteiger partial charge in [-0.1, -0.05) is 33.0 Å². The quantitative estimate of drug-likeness (QED) is 0.832. The molecule has 0 aromatic heterocycles. The molecule has 0 saturated carbocycles. The molecule has 0 saturated heterocycles. The summed E-state index contributed by atoms with van der Waals surface area (Å²) in [6.45, 7) is 5.27. The summed E-state index contributed by atoms with van der Waals surface area (Å²) in [7, 11) is 0. The van der Waals surface area contributed by atoms with E-state index in [2.05, 4.69) is 17.5 Å². The van der Waals surface area contributed by atoms with Crippen molar-refractivity contribution in [1.82, 2.24) is 0 Å². The lowest BCUT2D eigenvalue weighted by molar-refractivity contribution is -0.137. The Morgan fingerprint density at radius 1 is 1.33 bits per heavy atom. The minimum atomic E-state index is -4.60. The highest BCUT2D eigenvalue weighted by atomic mass is 32.1. The van der Waals surface area contributed by atoms with Gasteiger partial charge in [-0.05, 0) is 24.6 Å². The van der Waals surface area contributed by atoms with Gasteiger partial charge in [-0.15, -0.1) is 0 Å². The van der Waals surface area contributed by atoms with E-state index < -0.39 is 17.2 Å². The van der Waals surface area contributed by atoms with Crippen LogP contribution in [0.5, 0.6) is 0 Å². The number of alkyl halides is 3. The number of amides is 1. The topological polar surface area (TPSA) is 55.1 Å². The standard InChI is InChI=1S/C14H17F3N2OS/c1-4-13(2,3)12(20)19-8-5-6-9(11(18)21)10(7-8)14(15,16)17/h5-7H,4H2,1-3H3,(H2,18,21)(H,19,20). The molecule has 3 N–H and O–H groups in total. The van der Waals surface area contributed by atoms with Crippen LogP contribution in [0.3, 0.4) is 0 Å². The van der Waals surface area contributed by atoms with Gasteiger partial charge in [-0.3, -0.25) is 4.79 Å². The number of rotatable bonds is 4. The van der Waals surface area contributed by atoms with E-state index in [-0.39, 0.29) is 22.1 Å². The van der Waals surface area contributed by atoms with Gasteiger partial charge in [0, 0.05) is 16.7 Å².